The molecule has 1 unspecified atom stereocenters. The predicted molar refractivity (Wildman–Crippen MR) is 95.7 cm³/mol. The Balaban J connectivity index is 1.78. The van der Waals surface area contributed by atoms with Gasteiger partial charge in [-0.2, -0.15) is 0 Å². The van der Waals surface area contributed by atoms with Gasteiger partial charge in [0.2, 0.25) is 0 Å². The van der Waals surface area contributed by atoms with Gasteiger partial charge in [-0.3, -0.25) is 9.59 Å². The fourth-order valence-corrected chi connectivity index (χ4v) is 3.38. The Hall–Kier alpha value is -3.15. The molecular formula is C20H18N2O4. The van der Waals surface area contributed by atoms with Gasteiger partial charge in [0, 0.05) is 18.5 Å². The van der Waals surface area contributed by atoms with Crippen molar-refractivity contribution in [3.05, 3.63) is 54.3 Å². The van der Waals surface area contributed by atoms with Crippen molar-refractivity contribution in [3.63, 3.8) is 0 Å². The van der Waals surface area contributed by atoms with E-state index in [2.05, 4.69) is 4.98 Å². The van der Waals surface area contributed by atoms with Crippen LogP contribution in [0.3, 0.4) is 0 Å². The molecule has 0 spiro atoms. The largest absolute Gasteiger partial charge is 0.481 e. The number of carbonyl (C=O) groups is 2. The van der Waals surface area contributed by atoms with Gasteiger partial charge in [-0.15, -0.1) is 0 Å². The number of rotatable bonds is 3. The highest BCUT2D eigenvalue weighted by Crippen LogP contribution is 2.33. The molecule has 1 atom stereocenters. The number of nitrogens with zero attached hydrogens (tertiary/aromatic N) is 2. The Kier molecular flexibility index (Phi) is 3.76. The Bertz CT molecular complexity index is 996. The average molecular weight is 350 g/mol. The number of hydrogen-bond acceptors (Lipinski definition) is 4. The fraction of sp³-hybridized carbons (Fsp3) is 0.250. The average Bonchev–Trinajstić information content (AvgIpc) is 3.31. The SMILES string of the molecule is CC1(C(=O)O)CCN(C(=O)c2cc(-c3ccco3)nc3ccccc23)C1. The van der Waals surface area contributed by atoms with E-state index in [0.29, 0.717) is 35.5 Å². The summed E-state index contributed by atoms with van der Waals surface area (Å²) in [4.78, 5) is 30.9. The first kappa shape index (κ1) is 16.3. The van der Waals surface area contributed by atoms with Gasteiger partial charge in [0.25, 0.3) is 5.91 Å². The molecule has 2 aromatic heterocycles. The third-order valence-electron chi connectivity index (χ3n) is 5.00. The Morgan fingerprint density at radius 3 is 2.73 bits per heavy atom. The van der Waals surface area contributed by atoms with Gasteiger partial charge in [0.1, 0.15) is 5.69 Å². The van der Waals surface area contributed by atoms with Crippen molar-refractivity contribution in [1.29, 1.82) is 0 Å². The number of hydrogen-bond donors (Lipinski definition) is 1. The number of aliphatic carboxylic acids is 1. The number of furan rings is 1. The normalized spacial score (nSPS) is 19.8. The summed E-state index contributed by atoms with van der Waals surface area (Å²) in [5.41, 5.74) is 0.890. The summed E-state index contributed by atoms with van der Waals surface area (Å²) < 4.78 is 5.43. The second-order valence-electron chi connectivity index (χ2n) is 6.89. The van der Waals surface area contributed by atoms with Crippen LogP contribution in [0.2, 0.25) is 0 Å². The van der Waals surface area contributed by atoms with E-state index >= 15 is 0 Å². The second-order valence-corrected chi connectivity index (χ2v) is 6.89. The van der Waals surface area contributed by atoms with Crippen molar-refractivity contribution < 1.29 is 19.1 Å². The van der Waals surface area contributed by atoms with Crippen LogP contribution in [-0.4, -0.2) is 40.0 Å². The molecule has 1 amide bonds. The van der Waals surface area contributed by atoms with Crippen molar-refractivity contribution in [3.8, 4) is 11.5 Å². The van der Waals surface area contributed by atoms with Gasteiger partial charge in [-0.05, 0) is 37.6 Å². The summed E-state index contributed by atoms with van der Waals surface area (Å²) >= 11 is 0. The highest BCUT2D eigenvalue weighted by Gasteiger charge is 2.42. The number of fused-ring (bicyclic) bond motifs is 1. The molecule has 6 heteroatoms. The van der Waals surface area contributed by atoms with E-state index in [1.54, 1.807) is 36.3 Å². The Morgan fingerprint density at radius 1 is 1.23 bits per heavy atom. The Morgan fingerprint density at radius 2 is 2.04 bits per heavy atom. The Labute approximate surface area is 150 Å². The van der Waals surface area contributed by atoms with Crippen LogP contribution in [0.25, 0.3) is 22.4 Å². The lowest BCUT2D eigenvalue weighted by molar-refractivity contribution is -0.147. The minimum atomic E-state index is -0.900. The van der Waals surface area contributed by atoms with Crippen LogP contribution in [0.1, 0.15) is 23.7 Å². The number of pyridine rings is 1. The zero-order valence-electron chi connectivity index (χ0n) is 14.3. The van der Waals surface area contributed by atoms with Crippen LogP contribution in [-0.2, 0) is 4.79 Å². The summed E-state index contributed by atoms with van der Waals surface area (Å²) in [6.45, 7) is 2.31. The molecular weight excluding hydrogens is 332 g/mol. The number of likely N-dealkylation sites (tertiary alicyclic amines) is 1. The summed E-state index contributed by atoms with van der Waals surface area (Å²) in [7, 11) is 0. The summed E-state index contributed by atoms with van der Waals surface area (Å²) in [6, 6.07) is 12.7. The standard InChI is InChI=1S/C20H18N2O4/c1-20(19(24)25)8-9-22(12-20)18(23)14-11-16(17-7-4-10-26-17)21-15-6-3-2-5-13(14)15/h2-7,10-11H,8-9,12H2,1H3,(H,24,25). The minimum absolute atomic E-state index is 0.179. The van der Waals surface area contributed by atoms with E-state index in [1.807, 2.05) is 24.3 Å². The van der Waals surface area contributed by atoms with Crippen molar-refractivity contribution in [2.75, 3.05) is 13.1 Å². The predicted octanol–water partition coefficient (Wildman–Crippen LogP) is 3.43. The summed E-state index contributed by atoms with van der Waals surface area (Å²) in [6.07, 6.45) is 2.01. The van der Waals surface area contributed by atoms with E-state index < -0.39 is 11.4 Å². The third kappa shape index (κ3) is 2.63. The van der Waals surface area contributed by atoms with Gasteiger partial charge in [-0.1, -0.05) is 18.2 Å². The molecule has 0 saturated carbocycles. The number of carbonyl (C=O) groups excluding carboxylic acids is 1. The van der Waals surface area contributed by atoms with Gasteiger partial charge >= 0.3 is 5.97 Å². The van der Waals surface area contributed by atoms with E-state index in [-0.39, 0.29) is 12.5 Å². The number of aromatic nitrogens is 1. The fourth-order valence-electron chi connectivity index (χ4n) is 3.38. The molecule has 0 aliphatic carbocycles. The maximum Gasteiger partial charge on any atom is 0.311 e. The molecule has 132 valence electrons. The van der Waals surface area contributed by atoms with Crippen LogP contribution in [0.5, 0.6) is 0 Å². The van der Waals surface area contributed by atoms with Crippen LogP contribution in [0.4, 0.5) is 0 Å². The third-order valence-corrected chi connectivity index (χ3v) is 5.00. The molecule has 0 radical (unpaired) electrons. The number of amides is 1. The zero-order valence-corrected chi connectivity index (χ0v) is 14.3. The number of para-hydroxylation sites is 1. The van der Waals surface area contributed by atoms with Crippen molar-refractivity contribution in [1.82, 2.24) is 9.88 Å². The van der Waals surface area contributed by atoms with Gasteiger partial charge in [-0.25, -0.2) is 4.98 Å². The number of carboxylic acid groups (broad SMARTS) is 1. The number of benzene rings is 1. The van der Waals surface area contributed by atoms with Crippen LogP contribution >= 0.6 is 0 Å². The van der Waals surface area contributed by atoms with E-state index in [1.165, 1.54) is 0 Å². The second kappa shape index (κ2) is 5.98. The molecule has 1 aromatic carbocycles. The number of carboxylic acids is 1. The van der Waals surface area contributed by atoms with E-state index in [0.717, 1.165) is 5.39 Å². The maximum absolute atomic E-state index is 13.2. The van der Waals surface area contributed by atoms with Crippen molar-refractivity contribution in [2.45, 2.75) is 13.3 Å². The molecule has 4 rings (SSSR count). The zero-order chi connectivity index (χ0) is 18.3. The molecule has 1 N–H and O–H groups in total. The molecule has 1 fully saturated rings. The van der Waals surface area contributed by atoms with Crippen molar-refractivity contribution >= 4 is 22.8 Å². The lowest BCUT2D eigenvalue weighted by Crippen LogP contribution is -2.35. The maximum atomic E-state index is 13.2. The lowest BCUT2D eigenvalue weighted by atomic mass is 9.90. The molecule has 3 heterocycles. The smallest absolute Gasteiger partial charge is 0.311 e. The lowest BCUT2D eigenvalue weighted by Gasteiger charge is -2.21. The van der Waals surface area contributed by atoms with Gasteiger partial charge < -0.3 is 14.4 Å². The molecule has 1 saturated heterocycles. The molecule has 1 aliphatic heterocycles. The first-order chi connectivity index (χ1) is 12.5. The monoisotopic (exact) mass is 350 g/mol. The van der Waals surface area contributed by atoms with Crippen LogP contribution in [0, 0.1) is 5.41 Å². The summed E-state index contributed by atoms with van der Waals surface area (Å²) in [5, 5.41) is 10.2. The van der Waals surface area contributed by atoms with Gasteiger partial charge in [0.05, 0.1) is 22.8 Å². The first-order valence-electron chi connectivity index (χ1n) is 8.44. The summed E-state index contributed by atoms with van der Waals surface area (Å²) in [5.74, 6) is -0.466. The highest BCUT2D eigenvalue weighted by atomic mass is 16.4. The van der Waals surface area contributed by atoms with E-state index in [9.17, 15) is 14.7 Å². The topological polar surface area (TPSA) is 83.6 Å². The molecule has 26 heavy (non-hydrogen) atoms. The molecule has 6 nitrogen and oxygen atoms in total. The quantitative estimate of drug-likeness (QED) is 0.782. The molecule has 1 aliphatic rings. The van der Waals surface area contributed by atoms with Gasteiger partial charge in [0.15, 0.2) is 5.76 Å². The minimum Gasteiger partial charge on any atom is -0.481 e. The van der Waals surface area contributed by atoms with Crippen LogP contribution in [0.15, 0.2) is 53.1 Å². The van der Waals surface area contributed by atoms with Crippen molar-refractivity contribution in [2.24, 2.45) is 5.41 Å². The van der Waals surface area contributed by atoms with Crippen LogP contribution < -0.4 is 0 Å². The first-order valence-corrected chi connectivity index (χ1v) is 8.44. The highest BCUT2D eigenvalue weighted by molar-refractivity contribution is 6.07. The molecule has 3 aromatic rings. The molecule has 0 bridgehead atoms. The van der Waals surface area contributed by atoms with E-state index in [4.69, 9.17) is 4.42 Å².